The van der Waals surface area contributed by atoms with E-state index in [9.17, 15) is 4.79 Å². The van der Waals surface area contributed by atoms with Crippen molar-refractivity contribution in [3.05, 3.63) is 0 Å². The van der Waals surface area contributed by atoms with Gasteiger partial charge in [-0.05, 0) is 12.3 Å². The molecule has 2 heterocycles. The van der Waals surface area contributed by atoms with Crippen LogP contribution in [0, 0.1) is 5.92 Å². The number of likely N-dealkylation sites (tertiary alicyclic amines) is 1. The second-order valence-corrected chi connectivity index (χ2v) is 5.67. The monoisotopic (exact) mass is 255 g/mol. The molecule has 0 radical (unpaired) electrons. The number of morpholine rings is 1. The Bertz CT molecular complexity index is 279. The van der Waals surface area contributed by atoms with Crippen molar-refractivity contribution < 1.29 is 9.53 Å². The molecule has 2 amide bonds. The number of carbonyl (C=O) groups excluding carboxylic acids is 1. The summed E-state index contributed by atoms with van der Waals surface area (Å²) in [5.41, 5.74) is 0. The van der Waals surface area contributed by atoms with E-state index in [1.165, 1.54) is 0 Å². The van der Waals surface area contributed by atoms with Crippen LogP contribution in [0.5, 0.6) is 0 Å². The molecule has 2 rings (SSSR count). The molecule has 0 spiro atoms. The molecule has 0 saturated carbocycles. The average molecular weight is 255 g/mol. The van der Waals surface area contributed by atoms with E-state index in [1.54, 1.807) is 0 Å². The first kappa shape index (κ1) is 13.6. The maximum atomic E-state index is 11.7. The van der Waals surface area contributed by atoms with E-state index in [0.29, 0.717) is 12.5 Å². The number of hydrogen-bond donors (Lipinski definition) is 1. The fourth-order valence-electron chi connectivity index (χ4n) is 2.42. The van der Waals surface area contributed by atoms with Crippen LogP contribution in [-0.2, 0) is 4.74 Å². The zero-order valence-electron chi connectivity index (χ0n) is 11.5. The largest absolute Gasteiger partial charge is 0.374 e. The van der Waals surface area contributed by atoms with Gasteiger partial charge in [-0.1, -0.05) is 13.8 Å². The molecule has 5 heteroatoms. The summed E-state index contributed by atoms with van der Waals surface area (Å²) in [5, 5.41) is 2.96. The second kappa shape index (κ2) is 6.38. The topological polar surface area (TPSA) is 44.8 Å². The zero-order chi connectivity index (χ0) is 13.0. The number of rotatable bonds is 4. The number of carbonyl (C=O) groups is 1. The van der Waals surface area contributed by atoms with E-state index in [2.05, 4.69) is 24.1 Å². The Morgan fingerprint density at radius 1 is 1.39 bits per heavy atom. The minimum atomic E-state index is 0.0610. The molecule has 0 bridgehead atoms. The van der Waals surface area contributed by atoms with Gasteiger partial charge in [-0.15, -0.1) is 0 Å². The molecule has 0 aromatic heterocycles. The van der Waals surface area contributed by atoms with Gasteiger partial charge in [0.25, 0.3) is 0 Å². The molecule has 2 fully saturated rings. The number of hydrogen-bond acceptors (Lipinski definition) is 3. The predicted octanol–water partition coefficient (Wildman–Crippen LogP) is 0.759. The van der Waals surface area contributed by atoms with E-state index < -0.39 is 0 Å². The Morgan fingerprint density at radius 3 is 2.78 bits per heavy atom. The van der Waals surface area contributed by atoms with Crippen LogP contribution in [0.4, 0.5) is 4.79 Å². The van der Waals surface area contributed by atoms with E-state index in [4.69, 9.17) is 4.74 Å². The first-order valence-corrected chi connectivity index (χ1v) is 7.02. The van der Waals surface area contributed by atoms with Gasteiger partial charge >= 0.3 is 6.03 Å². The fraction of sp³-hybridized carbons (Fsp3) is 0.923. The lowest BCUT2D eigenvalue weighted by Crippen LogP contribution is -2.52. The first-order valence-electron chi connectivity index (χ1n) is 7.02. The molecule has 2 aliphatic rings. The summed E-state index contributed by atoms with van der Waals surface area (Å²) >= 11 is 0. The molecule has 18 heavy (non-hydrogen) atoms. The summed E-state index contributed by atoms with van der Waals surface area (Å²) in [6, 6.07) is 0.0610. The van der Waals surface area contributed by atoms with Crippen LogP contribution in [0.25, 0.3) is 0 Å². The van der Waals surface area contributed by atoms with Crippen molar-refractivity contribution in [1.82, 2.24) is 15.1 Å². The molecule has 1 N–H and O–H groups in total. The zero-order valence-corrected chi connectivity index (χ0v) is 11.5. The number of ether oxygens (including phenoxy) is 1. The van der Waals surface area contributed by atoms with E-state index >= 15 is 0 Å². The van der Waals surface area contributed by atoms with Crippen LogP contribution in [-0.4, -0.2) is 67.8 Å². The van der Waals surface area contributed by atoms with Gasteiger partial charge in [0.2, 0.25) is 0 Å². The SMILES string of the molecule is CC(C)CN1CCOC(CNC(=O)N2CCC2)C1. The van der Waals surface area contributed by atoms with Crippen molar-refractivity contribution in [1.29, 1.82) is 0 Å². The highest BCUT2D eigenvalue weighted by Crippen LogP contribution is 2.08. The van der Waals surface area contributed by atoms with Crippen molar-refractivity contribution in [2.45, 2.75) is 26.4 Å². The lowest BCUT2D eigenvalue weighted by molar-refractivity contribution is -0.0296. The van der Waals surface area contributed by atoms with Crippen molar-refractivity contribution in [2.75, 3.05) is 45.9 Å². The van der Waals surface area contributed by atoms with Crippen molar-refractivity contribution in [2.24, 2.45) is 5.92 Å². The predicted molar refractivity (Wildman–Crippen MR) is 70.6 cm³/mol. The van der Waals surface area contributed by atoms with Crippen molar-refractivity contribution in [3.63, 3.8) is 0 Å². The molecule has 104 valence electrons. The van der Waals surface area contributed by atoms with E-state index in [-0.39, 0.29) is 12.1 Å². The highest BCUT2D eigenvalue weighted by atomic mass is 16.5. The quantitative estimate of drug-likeness (QED) is 0.806. The Labute approximate surface area is 109 Å². The van der Waals surface area contributed by atoms with Crippen LogP contribution in [0.1, 0.15) is 20.3 Å². The third-order valence-corrected chi connectivity index (χ3v) is 3.47. The molecular formula is C13H25N3O2. The van der Waals surface area contributed by atoms with Gasteiger partial charge in [0, 0.05) is 39.3 Å². The highest BCUT2D eigenvalue weighted by Gasteiger charge is 2.24. The Kier molecular flexibility index (Phi) is 4.83. The first-order chi connectivity index (χ1) is 8.65. The Morgan fingerprint density at radius 2 is 2.17 bits per heavy atom. The van der Waals surface area contributed by atoms with E-state index in [1.807, 2.05) is 4.90 Å². The van der Waals surface area contributed by atoms with Gasteiger partial charge in [-0.2, -0.15) is 0 Å². The molecule has 1 atom stereocenters. The average Bonchev–Trinajstić information content (AvgIpc) is 2.23. The van der Waals surface area contributed by atoms with Gasteiger partial charge in [0.15, 0.2) is 0 Å². The van der Waals surface area contributed by atoms with Gasteiger partial charge in [0.1, 0.15) is 0 Å². The molecule has 0 aromatic carbocycles. The molecule has 2 aliphatic heterocycles. The van der Waals surface area contributed by atoms with Crippen LogP contribution in [0.2, 0.25) is 0 Å². The van der Waals surface area contributed by atoms with Gasteiger partial charge in [-0.3, -0.25) is 4.90 Å². The maximum Gasteiger partial charge on any atom is 0.317 e. The van der Waals surface area contributed by atoms with E-state index in [0.717, 1.165) is 45.8 Å². The number of nitrogens with one attached hydrogen (secondary N) is 1. The summed E-state index contributed by atoms with van der Waals surface area (Å²) in [6.07, 6.45) is 1.28. The number of nitrogens with zero attached hydrogens (tertiary/aromatic N) is 2. The lowest BCUT2D eigenvalue weighted by atomic mass is 10.2. The maximum absolute atomic E-state index is 11.7. The molecule has 1 unspecified atom stereocenters. The summed E-state index contributed by atoms with van der Waals surface area (Å²) in [6.45, 7) is 10.7. The van der Waals surface area contributed by atoms with Gasteiger partial charge in [-0.25, -0.2) is 4.79 Å². The summed E-state index contributed by atoms with van der Waals surface area (Å²) in [5.74, 6) is 0.680. The third kappa shape index (κ3) is 3.85. The van der Waals surface area contributed by atoms with Crippen LogP contribution >= 0.6 is 0 Å². The molecule has 0 aromatic rings. The fourth-order valence-corrected chi connectivity index (χ4v) is 2.42. The minimum absolute atomic E-state index is 0.0610. The summed E-state index contributed by atoms with van der Waals surface area (Å²) in [7, 11) is 0. The second-order valence-electron chi connectivity index (χ2n) is 5.67. The molecule has 2 saturated heterocycles. The third-order valence-electron chi connectivity index (χ3n) is 3.47. The standard InChI is InChI=1S/C13H25N3O2/c1-11(2)9-15-6-7-18-12(10-15)8-14-13(17)16-4-3-5-16/h11-12H,3-10H2,1-2H3,(H,14,17). The number of urea groups is 1. The number of amides is 2. The molecular weight excluding hydrogens is 230 g/mol. The normalized spacial score (nSPS) is 25.1. The van der Waals surface area contributed by atoms with Crippen LogP contribution < -0.4 is 5.32 Å². The Balaban J connectivity index is 1.67. The van der Waals surface area contributed by atoms with Crippen LogP contribution in [0.15, 0.2) is 0 Å². The van der Waals surface area contributed by atoms with Crippen molar-refractivity contribution in [3.8, 4) is 0 Å². The summed E-state index contributed by atoms with van der Waals surface area (Å²) in [4.78, 5) is 15.9. The molecule has 5 nitrogen and oxygen atoms in total. The van der Waals surface area contributed by atoms with Crippen molar-refractivity contribution >= 4 is 6.03 Å². The highest BCUT2D eigenvalue weighted by molar-refractivity contribution is 5.74. The van der Waals surface area contributed by atoms with Crippen LogP contribution in [0.3, 0.4) is 0 Å². The minimum Gasteiger partial charge on any atom is -0.374 e. The molecule has 0 aliphatic carbocycles. The summed E-state index contributed by atoms with van der Waals surface area (Å²) < 4.78 is 5.70. The smallest absolute Gasteiger partial charge is 0.317 e. The van der Waals surface area contributed by atoms with Gasteiger partial charge < -0.3 is 15.0 Å². The van der Waals surface area contributed by atoms with Gasteiger partial charge in [0.05, 0.1) is 12.7 Å². The Hall–Kier alpha value is -0.810. The lowest BCUT2D eigenvalue weighted by Gasteiger charge is -2.35.